The average molecular weight is 311 g/mol. The normalized spacial score (nSPS) is 18.0. The van der Waals surface area contributed by atoms with Gasteiger partial charge in [0.25, 0.3) is 0 Å². The lowest BCUT2D eigenvalue weighted by atomic mass is 10.2. The Morgan fingerprint density at radius 2 is 1.76 bits per heavy atom. The van der Waals surface area contributed by atoms with Crippen molar-refractivity contribution in [3.8, 4) is 0 Å². The van der Waals surface area contributed by atoms with Crippen LogP contribution in [-0.2, 0) is 10.0 Å². The van der Waals surface area contributed by atoms with Crippen molar-refractivity contribution in [1.29, 1.82) is 0 Å². The summed E-state index contributed by atoms with van der Waals surface area (Å²) in [5, 5.41) is 0. The van der Waals surface area contributed by atoms with Crippen molar-refractivity contribution in [1.82, 2.24) is 9.21 Å². The number of hydrogen-bond donors (Lipinski definition) is 1. The smallest absolute Gasteiger partial charge is 0.243 e. The van der Waals surface area contributed by atoms with Crippen LogP contribution in [-0.4, -0.2) is 56.9 Å². The summed E-state index contributed by atoms with van der Waals surface area (Å²) in [6.07, 6.45) is 2.11. The van der Waals surface area contributed by atoms with Gasteiger partial charge in [0, 0.05) is 26.2 Å². The molecule has 0 aliphatic carbocycles. The minimum absolute atomic E-state index is 0.432. The first-order valence-corrected chi connectivity index (χ1v) is 8.98. The molecule has 5 nitrogen and oxygen atoms in total. The van der Waals surface area contributed by atoms with Crippen LogP contribution in [0.25, 0.3) is 0 Å². The van der Waals surface area contributed by atoms with Gasteiger partial charge in [0.1, 0.15) is 0 Å². The Morgan fingerprint density at radius 3 is 2.38 bits per heavy atom. The molecule has 0 amide bonds. The van der Waals surface area contributed by atoms with Crippen LogP contribution in [0.5, 0.6) is 0 Å². The van der Waals surface area contributed by atoms with Crippen molar-refractivity contribution < 1.29 is 8.42 Å². The molecule has 2 rings (SSSR count). The van der Waals surface area contributed by atoms with Gasteiger partial charge in [0.05, 0.1) is 4.90 Å². The molecule has 1 aromatic carbocycles. The van der Waals surface area contributed by atoms with E-state index < -0.39 is 10.0 Å². The highest BCUT2D eigenvalue weighted by atomic mass is 32.2. The fourth-order valence-corrected chi connectivity index (χ4v) is 4.31. The Balaban J connectivity index is 1.97. The number of aryl methyl sites for hydroxylation is 1. The van der Waals surface area contributed by atoms with Gasteiger partial charge in [0.2, 0.25) is 10.0 Å². The van der Waals surface area contributed by atoms with Gasteiger partial charge in [0.15, 0.2) is 0 Å². The van der Waals surface area contributed by atoms with E-state index in [4.69, 9.17) is 5.73 Å². The van der Waals surface area contributed by atoms with E-state index in [0.29, 0.717) is 18.0 Å². The zero-order chi connectivity index (χ0) is 15.3. The lowest BCUT2D eigenvalue weighted by molar-refractivity contribution is 0.186. The molecule has 0 aromatic heterocycles. The summed E-state index contributed by atoms with van der Waals surface area (Å²) in [5.41, 5.74) is 6.30. The van der Waals surface area contributed by atoms with E-state index in [1.807, 2.05) is 19.1 Å². The summed E-state index contributed by atoms with van der Waals surface area (Å²) in [4.78, 5) is 2.75. The van der Waals surface area contributed by atoms with Gasteiger partial charge < -0.3 is 10.6 Å². The summed E-state index contributed by atoms with van der Waals surface area (Å²) < 4.78 is 26.9. The van der Waals surface area contributed by atoms with E-state index in [1.54, 1.807) is 16.4 Å². The molecular weight excluding hydrogens is 286 g/mol. The van der Waals surface area contributed by atoms with E-state index in [0.717, 1.165) is 44.6 Å². The maximum absolute atomic E-state index is 12.7. The molecule has 118 valence electrons. The second-order valence-corrected chi connectivity index (χ2v) is 7.41. The van der Waals surface area contributed by atoms with Crippen LogP contribution in [0.2, 0.25) is 0 Å². The number of benzene rings is 1. The summed E-state index contributed by atoms with van der Waals surface area (Å²) in [6.45, 7) is 6.32. The molecule has 2 N–H and O–H groups in total. The molecule has 0 spiro atoms. The van der Waals surface area contributed by atoms with Gasteiger partial charge >= 0.3 is 0 Å². The van der Waals surface area contributed by atoms with E-state index in [9.17, 15) is 8.42 Å². The highest BCUT2D eigenvalue weighted by molar-refractivity contribution is 7.89. The van der Waals surface area contributed by atoms with Crippen LogP contribution in [0.15, 0.2) is 29.2 Å². The maximum atomic E-state index is 12.7. The Hall–Kier alpha value is -0.950. The Kier molecular flexibility index (Phi) is 5.75. The third-order valence-corrected chi connectivity index (χ3v) is 6.03. The van der Waals surface area contributed by atoms with Gasteiger partial charge in [-0.3, -0.25) is 0 Å². The quantitative estimate of drug-likeness (QED) is 0.797. The van der Waals surface area contributed by atoms with Crippen molar-refractivity contribution in [2.24, 2.45) is 5.73 Å². The molecule has 21 heavy (non-hydrogen) atoms. The fourth-order valence-electron chi connectivity index (χ4n) is 2.66. The second kappa shape index (κ2) is 7.35. The number of nitrogens with zero attached hydrogens (tertiary/aromatic N) is 2. The highest BCUT2D eigenvalue weighted by Gasteiger charge is 2.29. The summed E-state index contributed by atoms with van der Waals surface area (Å²) in [7, 11) is -3.35. The molecule has 0 radical (unpaired) electrons. The van der Waals surface area contributed by atoms with Crippen molar-refractivity contribution in [3.63, 3.8) is 0 Å². The first-order chi connectivity index (χ1) is 10.1. The van der Waals surface area contributed by atoms with Gasteiger partial charge in [-0.1, -0.05) is 18.2 Å². The SMILES string of the molecule is Cc1ccccc1S(=O)(=O)N1CCN(CCCCN)CC1. The van der Waals surface area contributed by atoms with Crippen LogP contribution < -0.4 is 5.73 Å². The van der Waals surface area contributed by atoms with Crippen LogP contribution in [0, 0.1) is 6.92 Å². The second-order valence-electron chi connectivity index (χ2n) is 5.51. The Labute approximate surface area is 127 Å². The number of rotatable bonds is 6. The molecule has 1 heterocycles. The first-order valence-electron chi connectivity index (χ1n) is 7.54. The third-order valence-electron chi connectivity index (χ3n) is 3.97. The van der Waals surface area contributed by atoms with Crippen molar-refractivity contribution in [2.75, 3.05) is 39.3 Å². The predicted octanol–water partition coefficient (Wildman–Crippen LogP) is 1.04. The van der Waals surface area contributed by atoms with E-state index in [-0.39, 0.29) is 0 Å². The minimum Gasteiger partial charge on any atom is -0.330 e. The number of unbranched alkanes of at least 4 members (excludes halogenated alkanes) is 1. The van der Waals surface area contributed by atoms with Gasteiger partial charge in [-0.2, -0.15) is 4.31 Å². The lowest BCUT2D eigenvalue weighted by Gasteiger charge is -2.34. The largest absolute Gasteiger partial charge is 0.330 e. The zero-order valence-corrected chi connectivity index (χ0v) is 13.5. The third kappa shape index (κ3) is 4.03. The van der Waals surface area contributed by atoms with Gasteiger partial charge in [-0.25, -0.2) is 8.42 Å². The molecule has 1 aromatic rings. The van der Waals surface area contributed by atoms with E-state index in [1.165, 1.54) is 0 Å². The van der Waals surface area contributed by atoms with Gasteiger partial charge in [-0.15, -0.1) is 0 Å². The average Bonchev–Trinajstić information content (AvgIpc) is 2.48. The van der Waals surface area contributed by atoms with Crippen LogP contribution in [0.4, 0.5) is 0 Å². The summed E-state index contributed by atoms with van der Waals surface area (Å²) in [5.74, 6) is 0. The topological polar surface area (TPSA) is 66.6 Å². The number of sulfonamides is 1. The molecule has 1 aliphatic heterocycles. The van der Waals surface area contributed by atoms with Crippen LogP contribution >= 0.6 is 0 Å². The molecule has 6 heteroatoms. The molecular formula is C15H25N3O2S. The van der Waals surface area contributed by atoms with Crippen LogP contribution in [0.3, 0.4) is 0 Å². The molecule has 0 unspecified atom stereocenters. The monoisotopic (exact) mass is 311 g/mol. The molecule has 1 saturated heterocycles. The van der Waals surface area contributed by atoms with E-state index >= 15 is 0 Å². The number of piperazine rings is 1. The summed E-state index contributed by atoms with van der Waals surface area (Å²) >= 11 is 0. The first kappa shape index (κ1) is 16.4. The standard InChI is InChI=1S/C15H25N3O2S/c1-14-6-2-3-7-15(14)21(19,20)18-12-10-17(11-13-18)9-5-4-8-16/h2-3,6-7H,4-5,8-13,16H2,1H3. The zero-order valence-electron chi connectivity index (χ0n) is 12.7. The van der Waals surface area contributed by atoms with Crippen molar-refractivity contribution >= 4 is 10.0 Å². The minimum atomic E-state index is -3.35. The van der Waals surface area contributed by atoms with Crippen molar-refractivity contribution in [2.45, 2.75) is 24.7 Å². The lowest BCUT2D eigenvalue weighted by Crippen LogP contribution is -2.48. The molecule has 0 atom stereocenters. The number of nitrogens with two attached hydrogens (primary N) is 1. The Morgan fingerprint density at radius 1 is 1.10 bits per heavy atom. The predicted molar refractivity (Wildman–Crippen MR) is 84.7 cm³/mol. The molecule has 1 fully saturated rings. The molecule has 0 bridgehead atoms. The van der Waals surface area contributed by atoms with Crippen LogP contribution in [0.1, 0.15) is 18.4 Å². The summed E-state index contributed by atoms with van der Waals surface area (Å²) in [6, 6.07) is 7.18. The molecule has 1 aliphatic rings. The molecule has 0 saturated carbocycles. The Bertz CT molecular complexity index is 552. The van der Waals surface area contributed by atoms with Gasteiger partial charge in [-0.05, 0) is 44.5 Å². The van der Waals surface area contributed by atoms with Crippen molar-refractivity contribution in [3.05, 3.63) is 29.8 Å². The fraction of sp³-hybridized carbons (Fsp3) is 0.600. The maximum Gasteiger partial charge on any atom is 0.243 e. The highest BCUT2D eigenvalue weighted by Crippen LogP contribution is 2.20. The number of hydrogen-bond acceptors (Lipinski definition) is 4. The van der Waals surface area contributed by atoms with E-state index in [2.05, 4.69) is 4.90 Å².